The van der Waals surface area contributed by atoms with Crippen LogP contribution in [0.15, 0.2) is 12.2 Å². The van der Waals surface area contributed by atoms with E-state index in [-0.39, 0.29) is 6.54 Å². The smallest absolute Gasteiger partial charge is 0.322 e. The van der Waals surface area contributed by atoms with Gasteiger partial charge in [0.15, 0.2) is 0 Å². The highest BCUT2D eigenvalue weighted by Crippen LogP contribution is 2.21. The summed E-state index contributed by atoms with van der Waals surface area (Å²) in [6, 6.07) is -0.924. The van der Waals surface area contributed by atoms with Crippen LogP contribution in [0.25, 0.3) is 0 Å². The van der Waals surface area contributed by atoms with Gasteiger partial charge in [-0.2, -0.15) is 12.7 Å². The molecule has 7 heteroatoms. The van der Waals surface area contributed by atoms with E-state index in [0.717, 1.165) is 36.4 Å². The van der Waals surface area contributed by atoms with Crippen LogP contribution in [-0.2, 0) is 15.0 Å². The quantitative estimate of drug-likeness (QED) is 0.745. The molecule has 0 spiro atoms. The fraction of sp³-hybridized carbons (Fsp3) is 0.769. The van der Waals surface area contributed by atoms with Crippen molar-refractivity contribution in [2.24, 2.45) is 5.92 Å². The first-order valence-corrected chi connectivity index (χ1v) is 8.59. The minimum atomic E-state index is -3.70. The minimum absolute atomic E-state index is 0.289. The highest BCUT2D eigenvalue weighted by molar-refractivity contribution is 7.87. The Bertz CT molecular complexity index is 475. The maximum atomic E-state index is 12.3. The average Bonchev–Trinajstić information content (AvgIpc) is 2.46. The summed E-state index contributed by atoms with van der Waals surface area (Å²) in [5.41, 5.74) is 0. The Labute approximate surface area is 120 Å². The summed E-state index contributed by atoms with van der Waals surface area (Å²) in [4.78, 5) is 11.2. The Morgan fingerprint density at radius 2 is 2.10 bits per heavy atom. The summed E-state index contributed by atoms with van der Waals surface area (Å²) in [5, 5.41) is 9.15. The van der Waals surface area contributed by atoms with Crippen LogP contribution in [0.5, 0.6) is 0 Å². The van der Waals surface area contributed by atoms with Crippen molar-refractivity contribution in [3.05, 3.63) is 12.2 Å². The third-order valence-electron chi connectivity index (χ3n) is 3.98. The van der Waals surface area contributed by atoms with Crippen molar-refractivity contribution in [3.63, 3.8) is 0 Å². The molecular weight excluding hydrogens is 280 g/mol. The molecule has 1 aliphatic carbocycles. The maximum absolute atomic E-state index is 12.3. The molecule has 0 aromatic rings. The van der Waals surface area contributed by atoms with Crippen LogP contribution < -0.4 is 4.72 Å². The lowest BCUT2D eigenvalue weighted by Crippen LogP contribution is -2.52. The van der Waals surface area contributed by atoms with Crippen molar-refractivity contribution in [3.8, 4) is 0 Å². The van der Waals surface area contributed by atoms with Gasteiger partial charge in [-0.05, 0) is 44.4 Å². The highest BCUT2D eigenvalue weighted by atomic mass is 32.2. The molecule has 1 saturated heterocycles. The topological polar surface area (TPSA) is 86.7 Å². The Morgan fingerprint density at radius 1 is 1.30 bits per heavy atom. The third-order valence-corrected chi connectivity index (χ3v) is 5.57. The number of allylic oxidation sites excluding steroid dienone is 2. The third kappa shape index (κ3) is 3.80. The van der Waals surface area contributed by atoms with Gasteiger partial charge < -0.3 is 5.11 Å². The van der Waals surface area contributed by atoms with Crippen LogP contribution in [0.3, 0.4) is 0 Å². The zero-order valence-electron chi connectivity index (χ0n) is 11.5. The number of aliphatic carboxylic acids is 1. The minimum Gasteiger partial charge on any atom is -0.480 e. The second-order valence-electron chi connectivity index (χ2n) is 5.46. The second-order valence-corrected chi connectivity index (χ2v) is 7.17. The van der Waals surface area contributed by atoms with Crippen LogP contribution in [0, 0.1) is 5.92 Å². The summed E-state index contributed by atoms with van der Waals surface area (Å²) in [6.07, 6.45) is 8.88. The van der Waals surface area contributed by atoms with Gasteiger partial charge in [0, 0.05) is 13.1 Å². The van der Waals surface area contributed by atoms with E-state index in [1.54, 1.807) is 0 Å². The molecule has 2 aliphatic rings. The molecule has 0 radical (unpaired) electrons. The van der Waals surface area contributed by atoms with Crippen molar-refractivity contribution >= 4 is 16.2 Å². The van der Waals surface area contributed by atoms with E-state index >= 15 is 0 Å². The number of piperidine rings is 1. The van der Waals surface area contributed by atoms with Gasteiger partial charge in [-0.3, -0.25) is 4.79 Å². The summed E-state index contributed by atoms with van der Waals surface area (Å²) in [5.74, 6) is -0.751. The van der Waals surface area contributed by atoms with Crippen LogP contribution >= 0.6 is 0 Å². The molecule has 0 bridgehead atoms. The van der Waals surface area contributed by atoms with E-state index in [0.29, 0.717) is 18.9 Å². The lowest BCUT2D eigenvalue weighted by atomic mass is 9.95. The lowest BCUT2D eigenvalue weighted by molar-refractivity contribution is -0.142. The van der Waals surface area contributed by atoms with Crippen LogP contribution in [0.4, 0.5) is 0 Å². The Balaban J connectivity index is 1.97. The van der Waals surface area contributed by atoms with Crippen molar-refractivity contribution < 1.29 is 18.3 Å². The number of carboxylic acid groups (broad SMARTS) is 1. The van der Waals surface area contributed by atoms with Crippen molar-refractivity contribution in [2.45, 2.75) is 44.6 Å². The summed E-state index contributed by atoms with van der Waals surface area (Å²) < 4.78 is 28.2. The molecule has 0 saturated carbocycles. The number of carboxylic acids is 1. The molecular formula is C13H22N2O4S. The SMILES string of the molecule is O=C(O)C1CCCCN1S(=O)(=O)NCC1CC=CCC1. The predicted octanol–water partition coefficient (Wildman–Crippen LogP) is 1.12. The monoisotopic (exact) mass is 302 g/mol. The van der Waals surface area contributed by atoms with Gasteiger partial charge in [0.05, 0.1) is 0 Å². The fourth-order valence-electron chi connectivity index (χ4n) is 2.79. The van der Waals surface area contributed by atoms with Crippen LogP contribution in [0.1, 0.15) is 38.5 Å². The highest BCUT2D eigenvalue weighted by Gasteiger charge is 2.36. The first kappa shape index (κ1) is 15.5. The summed E-state index contributed by atoms with van der Waals surface area (Å²) in [7, 11) is -3.70. The lowest BCUT2D eigenvalue weighted by Gasteiger charge is -2.32. The fourth-order valence-corrected chi connectivity index (χ4v) is 4.30. The second kappa shape index (κ2) is 6.69. The molecule has 2 N–H and O–H groups in total. The number of nitrogens with one attached hydrogen (secondary N) is 1. The molecule has 0 aromatic heterocycles. The molecule has 0 aromatic carbocycles. The number of rotatable bonds is 5. The molecule has 20 heavy (non-hydrogen) atoms. The zero-order chi connectivity index (χ0) is 14.6. The maximum Gasteiger partial charge on any atom is 0.322 e. The Kier molecular flexibility index (Phi) is 5.17. The van der Waals surface area contributed by atoms with Gasteiger partial charge in [-0.25, -0.2) is 4.72 Å². The van der Waals surface area contributed by atoms with E-state index in [1.807, 2.05) is 0 Å². The van der Waals surface area contributed by atoms with Crippen LogP contribution in [-0.4, -0.2) is 42.9 Å². The summed E-state index contributed by atoms with van der Waals surface area (Å²) >= 11 is 0. The number of nitrogens with zero attached hydrogens (tertiary/aromatic N) is 1. The first-order chi connectivity index (χ1) is 9.50. The average molecular weight is 302 g/mol. The molecule has 6 nitrogen and oxygen atoms in total. The van der Waals surface area contributed by atoms with E-state index in [9.17, 15) is 13.2 Å². The molecule has 1 fully saturated rings. The van der Waals surface area contributed by atoms with E-state index in [4.69, 9.17) is 5.11 Å². The van der Waals surface area contributed by atoms with Crippen molar-refractivity contribution in [2.75, 3.05) is 13.1 Å². The Hall–Kier alpha value is -0.920. The number of hydrogen-bond donors (Lipinski definition) is 2. The molecule has 0 amide bonds. The zero-order valence-corrected chi connectivity index (χ0v) is 12.3. The summed E-state index contributed by atoms with van der Waals surface area (Å²) in [6.45, 7) is 0.673. The van der Waals surface area contributed by atoms with Gasteiger partial charge in [-0.15, -0.1) is 0 Å². The van der Waals surface area contributed by atoms with Crippen molar-refractivity contribution in [1.82, 2.24) is 9.03 Å². The normalized spacial score (nSPS) is 28.4. The first-order valence-electron chi connectivity index (χ1n) is 7.15. The molecule has 114 valence electrons. The molecule has 2 atom stereocenters. The number of carbonyl (C=O) groups is 1. The molecule has 1 aliphatic heterocycles. The van der Waals surface area contributed by atoms with Gasteiger partial charge in [0.1, 0.15) is 6.04 Å². The van der Waals surface area contributed by atoms with Crippen molar-refractivity contribution in [1.29, 1.82) is 0 Å². The van der Waals surface area contributed by atoms with E-state index < -0.39 is 22.2 Å². The predicted molar refractivity (Wildman–Crippen MR) is 75.4 cm³/mol. The molecule has 2 unspecified atom stereocenters. The van der Waals surface area contributed by atoms with E-state index in [2.05, 4.69) is 16.9 Å². The van der Waals surface area contributed by atoms with Gasteiger partial charge in [0.2, 0.25) is 0 Å². The molecule has 1 heterocycles. The van der Waals surface area contributed by atoms with Gasteiger partial charge >= 0.3 is 5.97 Å². The Morgan fingerprint density at radius 3 is 2.75 bits per heavy atom. The number of hydrogen-bond acceptors (Lipinski definition) is 3. The largest absolute Gasteiger partial charge is 0.480 e. The van der Waals surface area contributed by atoms with Crippen LogP contribution in [0.2, 0.25) is 0 Å². The van der Waals surface area contributed by atoms with E-state index in [1.165, 1.54) is 0 Å². The standard InChI is InChI=1S/C13H22N2O4S/c16-13(17)12-8-4-5-9-15(12)20(18,19)14-10-11-6-2-1-3-7-11/h1-2,11-12,14H,3-10H2,(H,16,17). The molecule has 2 rings (SSSR count). The van der Waals surface area contributed by atoms with Gasteiger partial charge in [0.25, 0.3) is 10.2 Å². The van der Waals surface area contributed by atoms with Gasteiger partial charge in [-0.1, -0.05) is 12.2 Å².